The minimum atomic E-state index is -0.682. The molecule has 0 spiro atoms. The quantitative estimate of drug-likeness (QED) is 0.233. The Bertz CT molecular complexity index is 939. The summed E-state index contributed by atoms with van der Waals surface area (Å²) in [5, 5.41) is 0. The van der Waals surface area contributed by atoms with Crippen molar-refractivity contribution < 1.29 is 18.3 Å². The molecule has 0 amide bonds. The first kappa shape index (κ1) is 24.4. The van der Waals surface area contributed by atoms with Gasteiger partial charge in [-0.3, -0.25) is 4.79 Å². The van der Waals surface area contributed by atoms with E-state index in [1.54, 1.807) is 36.0 Å². The molecule has 1 saturated heterocycles. The zero-order chi connectivity index (χ0) is 22.9. The van der Waals surface area contributed by atoms with E-state index in [1.165, 1.54) is 24.3 Å². The second-order valence-electron chi connectivity index (χ2n) is 7.53. The second-order valence-corrected chi connectivity index (χ2v) is 9.26. The lowest BCUT2D eigenvalue weighted by atomic mass is 10.1. The maximum absolute atomic E-state index is 13.2. The highest BCUT2D eigenvalue weighted by molar-refractivity contribution is 8.22. The van der Waals surface area contributed by atoms with Crippen LogP contribution in [0.5, 0.6) is 5.75 Å². The predicted molar refractivity (Wildman–Crippen MR) is 130 cm³/mol. The molecule has 0 atom stereocenters. The SMILES string of the molecule is CN1CCN(C(=S)SCCCOc2ccc(C(=O)/C=C/c3cc(F)cc(F)c3)cc2)CC1. The molecule has 2 aromatic carbocycles. The molecule has 3 rings (SSSR count). The molecule has 2 aromatic rings. The number of rotatable bonds is 8. The van der Waals surface area contributed by atoms with Gasteiger partial charge < -0.3 is 14.5 Å². The molecule has 170 valence electrons. The standard InChI is InChI=1S/C24H26F2N2O2S2/c1-27-9-11-28(12-10-27)24(31)32-14-2-13-30-22-6-4-19(5-7-22)23(29)8-3-18-15-20(25)17-21(26)16-18/h3-8,15-17H,2,9-14H2,1H3/b8-3+. The minimum absolute atomic E-state index is 0.255. The first-order valence-electron chi connectivity index (χ1n) is 10.4. The maximum Gasteiger partial charge on any atom is 0.185 e. The lowest BCUT2D eigenvalue weighted by Gasteiger charge is -2.33. The first-order valence-corrected chi connectivity index (χ1v) is 11.8. The Kier molecular flexibility index (Phi) is 9.20. The van der Waals surface area contributed by atoms with Crippen LogP contribution in [0.2, 0.25) is 0 Å². The molecular weight excluding hydrogens is 450 g/mol. The smallest absolute Gasteiger partial charge is 0.185 e. The van der Waals surface area contributed by atoms with Gasteiger partial charge in [0.25, 0.3) is 0 Å². The van der Waals surface area contributed by atoms with Gasteiger partial charge in [0.05, 0.1) is 6.61 Å². The van der Waals surface area contributed by atoms with Crippen molar-refractivity contribution in [2.75, 3.05) is 45.6 Å². The van der Waals surface area contributed by atoms with Gasteiger partial charge in [-0.25, -0.2) is 8.78 Å². The van der Waals surface area contributed by atoms with Gasteiger partial charge in [0.2, 0.25) is 0 Å². The third-order valence-electron chi connectivity index (χ3n) is 5.00. The van der Waals surface area contributed by atoms with E-state index in [1.807, 2.05) is 0 Å². The van der Waals surface area contributed by atoms with Crippen LogP contribution < -0.4 is 4.74 Å². The summed E-state index contributed by atoms with van der Waals surface area (Å²) in [6.07, 6.45) is 3.56. The molecule has 1 aliphatic rings. The van der Waals surface area contributed by atoms with Crippen LogP contribution in [0, 0.1) is 11.6 Å². The average Bonchev–Trinajstić information content (AvgIpc) is 2.77. The van der Waals surface area contributed by atoms with Crippen molar-refractivity contribution in [1.29, 1.82) is 0 Å². The van der Waals surface area contributed by atoms with E-state index in [0.717, 1.165) is 48.7 Å². The fraction of sp³-hybridized carbons (Fsp3) is 0.333. The number of allylic oxidation sites excluding steroid dienone is 1. The summed E-state index contributed by atoms with van der Waals surface area (Å²) in [4.78, 5) is 16.8. The molecule has 1 aliphatic heterocycles. The van der Waals surface area contributed by atoms with Crippen LogP contribution >= 0.6 is 24.0 Å². The number of hydrogen-bond donors (Lipinski definition) is 0. The molecule has 0 aromatic heterocycles. The highest BCUT2D eigenvalue weighted by atomic mass is 32.2. The fourth-order valence-electron chi connectivity index (χ4n) is 3.14. The molecule has 0 unspecified atom stereocenters. The van der Waals surface area contributed by atoms with Gasteiger partial charge in [0, 0.05) is 43.6 Å². The van der Waals surface area contributed by atoms with E-state index in [0.29, 0.717) is 23.5 Å². The molecule has 0 saturated carbocycles. The number of nitrogens with zero attached hydrogens (tertiary/aromatic N) is 2. The zero-order valence-corrected chi connectivity index (χ0v) is 19.6. The molecule has 1 fully saturated rings. The minimum Gasteiger partial charge on any atom is -0.494 e. The van der Waals surface area contributed by atoms with Crippen molar-refractivity contribution >= 4 is 40.2 Å². The Hall–Kier alpha value is -2.29. The van der Waals surface area contributed by atoms with Gasteiger partial charge in [-0.1, -0.05) is 30.1 Å². The van der Waals surface area contributed by atoms with Crippen molar-refractivity contribution in [2.45, 2.75) is 6.42 Å². The van der Waals surface area contributed by atoms with Gasteiger partial charge in [0.1, 0.15) is 21.7 Å². The van der Waals surface area contributed by atoms with Gasteiger partial charge in [0.15, 0.2) is 5.78 Å². The van der Waals surface area contributed by atoms with Crippen molar-refractivity contribution in [1.82, 2.24) is 9.80 Å². The summed E-state index contributed by atoms with van der Waals surface area (Å²) in [5.74, 6) is -0.0385. The van der Waals surface area contributed by atoms with Crippen molar-refractivity contribution in [3.05, 3.63) is 71.3 Å². The van der Waals surface area contributed by atoms with E-state index in [-0.39, 0.29) is 5.78 Å². The Balaban J connectivity index is 1.38. The number of benzene rings is 2. The fourth-order valence-corrected chi connectivity index (χ4v) is 4.38. The highest BCUT2D eigenvalue weighted by Crippen LogP contribution is 2.16. The number of carbonyl (C=O) groups is 1. The molecule has 8 heteroatoms. The average molecular weight is 477 g/mol. The number of halogens is 2. The Morgan fingerprint density at radius 2 is 1.75 bits per heavy atom. The Labute approximate surface area is 197 Å². The summed E-state index contributed by atoms with van der Waals surface area (Å²) < 4.78 is 33.1. The number of thiocarbonyl (C=S) groups is 1. The molecule has 0 N–H and O–H groups in total. The number of ether oxygens (including phenoxy) is 1. The maximum atomic E-state index is 13.2. The number of carbonyl (C=O) groups excluding carboxylic acids is 1. The van der Waals surface area contributed by atoms with Crippen LogP contribution in [0.25, 0.3) is 6.08 Å². The third kappa shape index (κ3) is 7.69. The van der Waals surface area contributed by atoms with E-state index < -0.39 is 11.6 Å². The predicted octanol–water partition coefficient (Wildman–Crippen LogP) is 4.90. The van der Waals surface area contributed by atoms with Crippen LogP contribution in [-0.4, -0.2) is 65.5 Å². The summed E-state index contributed by atoms with van der Waals surface area (Å²) in [6.45, 7) is 4.62. The zero-order valence-electron chi connectivity index (χ0n) is 17.9. The van der Waals surface area contributed by atoms with Crippen LogP contribution in [0.1, 0.15) is 22.3 Å². The number of piperazine rings is 1. The number of thioether (sulfide) groups is 1. The number of ketones is 1. The molecule has 32 heavy (non-hydrogen) atoms. The highest BCUT2D eigenvalue weighted by Gasteiger charge is 2.16. The third-order valence-corrected chi connectivity index (χ3v) is 6.60. The lowest BCUT2D eigenvalue weighted by molar-refractivity contribution is 0.104. The van der Waals surface area contributed by atoms with Gasteiger partial charge >= 0.3 is 0 Å². The van der Waals surface area contributed by atoms with Crippen molar-refractivity contribution in [2.24, 2.45) is 0 Å². The monoisotopic (exact) mass is 476 g/mol. The molecule has 0 radical (unpaired) electrons. The Morgan fingerprint density at radius 3 is 2.41 bits per heavy atom. The van der Waals surface area contributed by atoms with E-state index in [4.69, 9.17) is 17.0 Å². The van der Waals surface area contributed by atoms with E-state index in [9.17, 15) is 13.6 Å². The van der Waals surface area contributed by atoms with Gasteiger partial charge in [-0.15, -0.1) is 0 Å². The lowest BCUT2D eigenvalue weighted by Crippen LogP contribution is -2.45. The van der Waals surface area contributed by atoms with Crippen molar-refractivity contribution in [3.63, 3.8) is 0 Å². The van der Waals surface area contributed by atoms with Crippen LogP contribution in [0.15, 0.2) is 48.5 Å². The summed E-state index contributed by atoms with van der Waals surface area (Å²) in [7, 11) is 2.12. The largest absolute Gasteiger partial charge is 0.494 e. The van der Waals surface area contributed by atoms with E-state index in [2.05, 4.69) is 16.8 Å². The summed E-state index contributed by atoms with van der Waals surface area (Å²) in [5.41, 5.74) is 0.763. The van der Waals surface area contributed by atoms with Gasteiger partial charge in [-0.2, -0.15) is 0 Å². The summed E-state index contributed by atoms with van der Waals surface area (Å²) in [6, 6.07) is 9.95. The molecule has 4 nitrogen and oxygen atoms in total. The van der Waals surface area contributed by atoms with Crippen molar-refractivity contribution in [3.8, 4) is 5.75 Å². The second kappa shape index (κ2) is 12.1. The molecule has 1 heterocycles. The molecule has 0 aliphatic carbocycles. The normalized spacial score (nSPS) is 14.7. The summed E-state index contributed by atoms with van der Waals surface area (Å²) >= 11 is 7.21. The van der Waals surface area contributed by atoms with Gasteiger partial charge in [-0.05, 0) is 61.5 Å². The molecular formula is C24H26F2N2O2S2. The van der Waals surface area contributed by atoms with Crippen LogP contribution in [0.3, 0.4) is 0 Å². The number of hydrogen-bond acceptors (Lipinski definition) is 5. The Morgan fingerprint density at radius 1 is 1.09 bits per heavy atom. The topological polar surface area (TPSA) is 32.8 Å². The van der Waals surface area contributed by atoms with E-state index >= 15 is 0 Å². The van der Waals surface area contributed by atoms with Crippen LogP contribution in [-0.2, 0) is 0 Å². The number of likely N-dealkylation sites (N-methyl/N-ethyl adjacent to an activating group) is 1. The van der Waals surface area contributed by atoms with Crippen LogP contribution in [0.4, 0.5) is 8.78 Å². The molecule has 0 bridgehead atoms. The first-order chi connectivity index (χ1) is 15.4.